The van der Waals surface area contributed by atoms with E-state index in [1.165, 1.54) is 11.1 Å². The molecule has 142 valence electrons. The van der Waals surface area contributed by atoms with E-state index in [-0.39, 0.29) is 6.10 Å². The molecule has 1 aliphatic heterocycles. The van der Waals surface area contributed by atoms with Crippen molar-refractivity contribution in [3.63, 3.8) is 0 Å². The van der Waals surface area contributed by atoms with Gasteiger partial charge in [0.15, 0.2) is 11.6 Å². The van der Waals surface area contributed by atoms with Gasteiger partial charge in [0.25, 0.3) is 0 Å². The number of aryl methyl sites for hydroxylation is 2. The molecule has 1 unspecified atom stereocenters. The Labute approximate surface area is 163 Å². The number of rotatable bonds is 4. The van der Waals surface area contributed by atoms with Crippen molar-refractivity contribution < 1.29 is 4.74 Å². The average Bonchev–Trinajstić information content (AvgIpc) is 3.44. The molecule has 2 aromatic heterocycles. The highest BCUT2D eigenvalue weighted by Gasteiger charge is 2.24. The lowest BCUT2D eigenvalue weighted by atomic mass is 10.1. The van der Waals surface area contributed by atoms with Gasteiger partial charge in [0.2, 0.25) is 0 Å². The van der Waals surface area contributed by atoms with Gasteiger partial charge >= 0.3 is 0 Å². The van der Waals surface area contributed by atoms with E-state index in [4.69, 9.17) is 14.8 Å². The summed E-state index contributed by atoms with van der Waals surface area (Å²) in [5.41, 5.74) is 5.56. The quantitative estimate of drug-likeness (QED) is 0.578. The first kappa shape index (κ1) is 17.1. The molecule has 6 heteroatoms. The summed E-state index contributed by atoms with van der Waals surface area (Å²) >= 11 is 0. The molecule has 1 aliphatic rings. The minimum absolute atomic E-state index is 0.00346. The molecular weight excluding hydrogens is 350 g/mol. The summed E-state index contributed by atoms with van der Waals surface area (Å²) < 4.78 is 7.85. The third-order valence-corrected chi connectivity index (χ3v) is 5.49. The molecule has 3 heterocycles. The maximum atomic E-state index is 5.84. The number of ether oxygens (including phenoxy) is 1. The minimum Gasteiger partial charge on any atom is -0.370 e. The van der Waals surface area contributed by atoms with Gasteiger partial charge in [-0.2, -0.15) is 10.2 Å². The van der Waals surface area contributed by atoms with Crippen LogP contribution in [0.4, 0.5) is 0 Å². The van der Waals surface area contributed by atoms with Crippen LogP contribution in [0.25, 0.3) is 22.3 Å². The first-order chi connectivity index (χ1) is 13.7. The number of nitrogens with one attached hydrogen (secondary N) is 1. The first-order valence-corrected chi connectivity index (χ1v) is 9.75. The van der Waals surface area contributed by atoms with E-state index in [9.17, 15) is 0 Å². The molecule has 0 bridgehead atoms. The van der Waals surface area contributed by atoms with Crippen molar-refractivity contribution in [1.29, 1.82) is 0 Å². The summed E-state index contributed by atoms with van der Waals surface area (Å²) in [6.07, 6.45) is 2.04. The lowest BCUT2D eigenvalue weighted by Gasteiger charge is -2.09. The fraction of sp³-hybridized carbons (Fsp3) is 0.318. The zero-order valence-electron chi connectivity index (χ0n) is 16.1. The van der Waals surface area contributed by atoms with Crippen molar-refractivity contribution in [2.45, 2.75) is 39.3 Å². The van der Waals surface area contributed by atoms with Crippen molar-refractivity contribution in [2.24, 2.45) is 0 Å². The fourth-order valence-corrected chi connectivity index (χ4v) is 3.83. The molecule has 1 saturated heterocycles. The molecule has 0 amide bonds. The first-order valence-electron chi connectivity index (χ1n) is 9.75. The molecule has 1 fully saturated rings. The molecule has 2 aromatic carbocycles. The van der Waals surface area contributed by atoms with E-state index < -0.39 is 0 Å². The number of hydrogen-bond donors (Lipinski definition) is 1. The number of aromatic nitrogens is 5. The van der Waals surface area contributed by atoms with Crippen molar-refractivity contribution >= 4 is 10.9 Å². The highest BCUT2D eigenvalue weighted by atomic mass is 16.5. The number of aromatic amines is 1. The monoisotopic (exact) mass is 373 g/mol. The zero-order chi connectivity index (χ0) is 19.1. The Morgan fingerprint density at radius 2 is 2.07 bits per heavy atom. The Morgan fingerprint density at radius 1 is 1.18 bits per heavy atom. The Morgan fingerprint density at radius 3 is 2.89 bits per heavy atom. The standard InChI is InChI=1S/C22H23N5O/c1-14-6-3-4-7-17(14)13-27-22(23-21(26-27)20-8-5-11-28-20)16-9-10-19-18(12-16)15(2)24-25-19/h3-4,6-7,9-10,12,20H,5,8,11,13H2,1-2H3,(H,24,25). The summed E-state index contributed by atoms with van der Waals surface area (Å²) in [6.45, 7) is 5.64. The van der Waals surface area contributed by atoms with Crippen LogP contribution in [0.15, 0.2) is 42.5 Å². The highest BCUT2D eigenvalue weighted by Crippen LogP contribution is 2.30. The van der Waals surface area contributed by atoms with Crippen LogP contribution in [0.5, 0.6) is 0 Å². The SMILES string of the molecule is Cc1ccccc1Cn1nc(C2CCCO2)nc1-c1ccc2n[nH]c(C)c2c1. The van der Waals surface area contributed by atoms with Crippen LogP contribution in [-0.4, -0.2) is 31.6 Å². The zero-order valence-corrected chi connectivity index (χ0v) is 16.1. The van der Waals surface area contributed by atoms with E-state index in [0.717, 1.165) is 53.3 Å². The Kier molecular flexibility index (Phi) is 4.20. The number of benzene rings is 2. The average molecular weight is 373 g/mol. The summed E-state index contributed by atoms with van der Waals surface area (Å²) in [7, 11) is 0. The van der Waals surface area contributed by atoms with Crippen molar-refractivity contribution in [2.75, 3.05) is 6.61 Å². The predicted molar refractivity (Wildman–Crippen MR) is 108 cm³/mol. The fourth-order valence-electron chi connectivity index (χ4n) is 3.83. The van der Waals surface area contributed by atoms with E-state index >= 15 is 0 Å². The van der Waals surface area contributed by atoms with Crippen LogP contribution < -0.4 is 0 Å². The topological polar surface area (TPSA) is 68.6 Å². The number of nitrogens with zero attached hydrogens (tertiary/aromatic N) is 4. The van der Waals surface area contributed by atoms with Gasteiger partial charge in [-0.25, -0.2) is 9.67 Å². The van der Waals surface area contributed by atoms with Crippen LogP contribution >= 0.6 is 0 Å². The number of fused-ring (bicyclic) bond motifs is 1. The third-order valence-electron chi connectivity index (χ3n) is 5.49. The predicted octanol–water partition coefficient (Wildman–Crippen LogP) is 4.34. The Hall–Kier alpha value is -2.99. The second kappa shape index (κ2) is 6.87. The van der Waals surface area contributed by atoms with Crippen molar-refractivity contribution in [3.8, 4) is 11.4 Å². The molecule has 0 radical (unpaired) electrons. The largest absolute Gasteiger partial charge is 0.370 e. The highest BCUT2D eigenvalue weighted by molar-refractivity contribution is 5.85. The maximum Gasteiger partial charge on any atom is 0.180 e. The second-order valence-electron chi connectivity index (χ2n) is 7.46. The van der Waals surface area contributed by atoms with E-state index in [0.29, 0.717) is 6.54 Å². The Balaban J connectivity index is 1.61. The molecule has 28 heavy (non-hydrogen) atoms. The van der Waals surface area contributed by atoms with Gasteiger partial charge in [-0.3, -0.25) is 5.10 Å². The molecule has 1 atom stereocenters. The molecule has 6 nitrogen and oxygen atoms in total. The molecule has 0 saturated carbocycles. The molecule has 0 spiro atoms. The second-order valence-corrected chi connectivity index (χ2v) is 7.46. The van der Waals surface area contributed by atoms with Crippen LogP contribution in [0, 0.1) is 13.8 Å². The van der Waals surface area contributed by atoms with Gasteiger partial charge < -0.3 is 4.74 Å². The van der Waals surface area contributed by atoms with Gasteiger partial charge in [-0.05, 0) is 56.0 Å². The van der Waals surface area contributed by atoms with Crippen LogP contribution in [-0.2, 0) is 11.3 Å². The summed E-state index contributed by atoms with van der Waals surface area (Å²) in [5, 5.41) is 13.4. The van der Waals surface area contributed by atoms with Gasteiger partial charge in [0, 0.05) is 23.3 Å². The third kappa shape index (κ3) is 2.99. The van der Waals surface area contributed by atoms with Crippen molar-refractivity contribution in [1.82, 2.24) is 25.0 Å². The molecule has 4 aromatic rings. The van der Waals surface area contributed by atoms with Gasteiger partial charge in [0.05, 0.1) is 12.1 Å². The lowest BCUT2D eigenvalue weighted by molar-refractivity contribution is 0.105. The Bertz CT molecular complexity index is 1140. The van der Waals surface area contributed by atoms with E-state index in [2.05, 4.69) is 53.5 Å². The number of hydrogen-bond acceptors (Lipinski definition) is 4. The van der Waals surface area contributed by atoms with Crippen LogP contribution in [0.2, 0.25) is 0 Å². The van der Waals surface area contributed by atoms with Gasteiger partial charge in [0.1, 0.15) is 6.10 Å². The molecule has 1 N–H and O–H groups in total. The summed E-state index contributed by atoms with van der Waals surface area (Å²) in [6, 6.07) is 14.7. The minimum atomic E-state index is -0.00346. The lowest BCUT2D eigenvalue weighted by Crippen LogP contribution is -2.06. The summed E-state index contributed by atoms with van der Waals surface area (Å²) in [4.78, 5) is 4.91. The number of H-pyrrole nitrogens is 1. The molecule has 5 rings (SSSR count). The normalized spacial score (nSPS) is 16.9. The van der Waals surface area contributed by atoms with Crippen LogP contribution in [0.1, 0.15) is 41.6 Å². The van der Waals surface area contributed by atoms with Crippen LogP contribution in [0.3, 0.4) is 0 Å². The van der Waals surface area contributed by atoms with E-state index in [1.807, 2.05) is 17.7 Å². The molecule has 0 aliphatic carbocycles. The summed E-state index contributed by atoms with van der Waals surface area (Å²) in [5.74, 6) is 1.65. The maximum absolute atomic E-state index is 5.84. The van der Waals surface area contributed by atoms with E-state index in [1.54, 1.807) is 0 Å². The smallest absolute Gasteiger partial charge is 0.180 e. The van der Waals surface area contributed by atoms with Crippen molar-refractivity contribution in [3.05, 3.63) is 65.1 Å². The molecular formula is C22H23N5O. The van der Waals surface area contributed by atoms with Gasteiger partial charge in [-0.1, -0.05) is 24.3 Å². The van der Waals surface area contributed by atoms with Gasteiger partial charge in [-0.15, -0.1) is 0 Å².